The van der Waals surface area contributed by atoms with E-state index in [2.05, 4.69) is 5.32 Å². The van der Waals surface area contributed by atoms with Crippen molar-refractivity contribution in [3.8, 4) is 0 Å². The summed E-state index contributed by atoms with van der Waals surface area (Å²) >= 11 is 0. The Morgan fingerprint density at radius 2 is 1.78 bits per heavy atom. The van der Waals surface area contributed by atoms with Crippen LogP contribution in [0, 0.1) is 0 Å². The van der Waals surface area contributed by atoms with E-state index in [0.29, 0.717) is 12.1 Å². The Labute approximate surface area is 138 Å². The first-order valence-electron chi connectivity index (χ1n) is 6.68. The lowest BCUT2D eigenvalue weighted by Gasteiger charge is -2.09. The van der Waals surface area contributed by atoms with Crippen molar-refractivity contribution in [2.24, 2.45) is 5.73 Å². The lowest BCUT2D eigenvalue weighted by atomic mass is 10.1. The third kappa shape index (κ3) is 9.04. The molecule has 0 fully saturated rings. The highest BCUT2D eigenvalue weighted by Crippen LogP contribution is 2.14. The molecule has 1 aromatic rings. The van der Waals surface area contributed by atoms with E-state index in [-0.39, 0.29) is 36.3 Å². The molecular weight excluding hydrogens is 335 g/mol. The number of amides is 2. The van der Waals surface area contributed by atoms with Gasteiger partial charge < -0.3 is 16.4 Å². The number of hydrogen-bond acceptors (Lipinski definition) is 3. The third-order valence-corrected chi connectivity index (χ3v) is 2.71. The number of anilines is 1. The third-order valence-electron chi connectivity index (χ3n) is 2.71. The van der Waals surface area contributed by atoms with Gasteiger partial charge in [-0.3, -0.25) is 9.59 Å². The maximum atomic E-state index is 12.0. The van der Waals surface area contributed by atoms with Gasteiger partial charge in [-0.25, -0.2) is 0 Å². The average molecular weight is 354 g/mol. The predicted molar refractivity (Wildman–Crippen MR) is 83.6 cm³/mol. The van der Waals surface area contributed by atoms with Gasteiger partial charge in [0.1, 0.15) is 6.54 Å². The molecule has 23 heavy (non-hydrogen) atoms. The second-order valence-electron chi connectivity index (χ2n) is 4.94. The summed E-state index contributed by atoms with van der Waals surface area (Å²) < 4.78 is 36.0. The molecule has 1 rings (SSSR count). The number of alkyl halides is 3. The zero-order valence-electron chi connectivity index (χ0n) is 12.4. The zero-order valence-corrected chi connectivity index (χ0v) is 13.3. The van der Waals surface area contributed by atoms with Crippen molar-refractivity contribution in [1.82, 2.24) is 5.32 Å². The molecule has 1 unspecified atom stereocenters. The van der Waals surface area contributed by atoms with Crippen LogP contribution in [0.2, 0.25) is 0 Å². The molecule has 4 N–H and O–H groups in total. The number of carbonyl (C=O) groups is 2. The van der Waals surface area contributed by atoms with E-state index < -0.39 is 18.6 Å². The quantitative estimate of drug-likeness (QED) is 0.734. The molecule has 0 spiro atoms. The molecule has 0 aliphatic heterocycles. The molecule has 0 saturated heterocycles. The Balaban J connectivity index is 0.00000484. The van der Waals surface area contributed by atoms with Crippen LogP contribution in [0.15, 0.2) is 24.3 Å². The van der Waals surface area contributed by atoms with E-state index in [0.717, 1.165) is 0 Å². The van der Waals surface area contributed by atoms with Gasteiger partial charge in [-0.2, -0.15) is 13.2 Å². The fourth-order valence-electron chi connectivity index (χ4n) is 1.57. The van der Waals surface area contributed by atoms with Gasteiger partial charge in [0.2, 0.25) is 5.91 Å². The number of nitrogens with one attached hydrogen (secondary N) is 2. The molecule has 0 aromatic heterocycles. The van der Waals surface area contributed by atoms with Crippen molar-refractivity contribution in [1.29, 1.82) is 0 Å². The molecule has 0 bridgehead atoms. The Kier molecular flexibility index (Phi) is 8.63. The number of halogens is 4. The van der Waals surface area contributed by atoms with Crippen LogP contribution in [0.5, 0.6) is 0 Å². The van der Waals surface area contributed by atoms with Crippen LogP contribution in [-0.4, -0.2) is 30.6 Å². The Hall–Kier alpha value is -1.80. The molecule has 0 heterocycles. The maximum Gasteiger partial charge on any atom is 0.405 e. The highest BCUT2D eigenvalue weighted by Gasteiger charge is 2.27. The van der Waals surface area contributed by atoms with Crippen molar-refractivity contribution in [3.05, 3.63) is 29.8 Å². The van der Waals surface area contributed by atoms with Gasteiger partial charge in [-0.1, -0.05) is 0 Å². The Morgan fingerprint density at radius 1 is 1.22 bits per heavy atom. The first kappa shape index (κ1) is 21.2. The maximum absolute atomic E-state index is 12.0. The van der Waals surface area contributed by atoms with E-state index in [1.165, 1.54) is 24.3 Å². The molecular formula is C14H19ClF3N3O2. The summed E-state index contributed by atoms with van der Waals surface area (Å²) in [5.74, 6) is -1.04. The lowest BCUT2D eigenvalue weighted by Crippen LogP contribution is -2.33. The molecule has 2 amide bonds. The fourth-order valence-corrected chi connectivity index (χ4v) is 1.57. The SMILES string of the molecule is CC(N)CCC(=O)Nc1ccc(C(=O)NCC(F)(F)F)cc1.Cl. The average Bonchev–Trinajstić information content (AvgIpc) is 2.42. The molecule has 1 aromatic carbocycles. The first-order chi connectivity index (χ1) is 10.2. The minimum absolute atomic E-state index is 0. The van der Waals surface area contributed by atoms with Gasteiger partial charge in [0, 0.05) is 23.7 Å². The number of benzene rings is 1. The van der Waals surface area contributed by atoms with Crippen LogP contribution in [0.4, 0.5) is 18.9 Å². The topological polar surface area (TPSA) is 84.2 Å². The predicted octanol–water partition coefficient (Wildman–Crippen LogP) is 2.47. The molecule has 130 valence electrons. The van der Waals surface area contributed by atoms with Crippen LogP contribution < -0.4 is 16.4 Å². The first-order valence-corrected chi connectivity index (χ1v) is 6.68. The minimum atomic E-state index is -4.45. The van der Waals surface area contributed by atoms with Gasteiger partial charge in [0.15, 0.2) is 0 Å². The molecule has 9 heteroatoms. The van der Waals surface area contributed by atoms with Crippen LogP contribution in [0.25, 0.3) is 0 Å². The van der Waals surface area contributed by atoms with Gasteiger partial charge in [0.05, 0.1) is 0 Å². The van der Waals surface area contributed by atoms with Crippen molar-refractivity contribution in [2.75, 3.05) is 11.9 Å². The van der Waals surface area contributed by atoms with Crippen molar-refractivity contribution >= 4 is 29.9 Å². The Morgan fingerprint density at radius 3 is 2.26 bits per heavy atom. The summed E-state index contributed by atoms with van der Waals surface area (Å²) in [5, 5.41) is 4.38. The Bertz CT molecular complexity index is 519. The zero-order chi connectivity index (χ0) is 16.8. The van der Waals surface area contributed by atoms with Crippen LogP contribution in [0.3, 0.4) is 0 Å². The van der Waals surface area contributed by atoms with Crippen LogP contribution >= 0.6 is 12.4 Å². The summed E-state index contributed by atoms with van der Waals surface area (Å²) in [5.41, 5.74) is 6.08. The monoisotopic (exact) mass is 353 g/mol. The standard InChI is InChI=1S/C14H18F3N3O2.ClH/c1-9(18)2-7-12(21)20-11-5-3-10(4-6-11)13(22)19-8-14(15,16)17;/h3-6,9H,2,7-8,18H2,1H3,(H,19,22)(H,20,21);1H. The number of hydrogen-bond donors (Lipinski definition) is 3. The van der Waals surface area contributed by atoms with Gasteiger partial charge in [-0.05, 0) is 37.6 Å². The molecule has 0 aliphatic carbocycles. The van der Waals surface area contributed by atoms with Gasteiger partial charge in [0.25, 0.3) is 5.91 Å². The largest absolute Gasteiger partial charge is 0.405 e. The molecule has 1 atom stereocenters. The highest BCUT2D eigenvalue weighted by molar-refractivity contribution is 5.95. The number of carbonyl (C=O) groups excluding carboxylic acids is 2. The highest BCUT2D eigenvalue weighted by atomic mass is 35.5. The second kappa shape index (κ2) is 9.36. The van der Waals surface area contributed by atoms with Crippen molar-refractivity contribution < 1.29 is 22.8 Å². The minimum Gasteiger partial charge on any atom is -0.343 e. The smallest absolute Gasteiger partial charge is 0.343 e. The number of nitrogens with two attached hydrogens (primary N) is 1. The molecule has 5 nitrogen and oxygen atoms in total. The fraction of sp³-hybridized carbons (Fsp3) is 0.429. The van der Waals surface area contributed by atoms with E-state index >= 15 is 0 Å². The van der Waals surface area contributed by atoms with Crippen molar-refractivity contribution in [2.45, 2.75) is 32.0 Å². The van der Waals surface area contributed by atoms with E-state index in [9.17, 15) is 22.8 Å². The van der Waals surface area contributed by atoms with E-state index in [1.54, 1.807) is 12.2 Å². The van der Waals surface area contributed by atoms with Gasteiger partial charge in [-0.15, -0.1) is 12.4 Å². The van der Waals surface area contributed by atoms with Crippen molar-refractivity contribution in [3.63, 3.8) is 0 Å². The van der Waals surface area contributed by atoms with Crippen LogP contribution in [-0.2, 0) is 4.79 Å². The lowest BCUT2D eigenvalue weighted by molar-refractivity contribution is -0.123. The molecule has 0 aliphatic rings. The van der Waals surface area contributed by atoms with E-state index in [4.69, 9.17) is 5.73 Å². The summed E-state index contributed by atoms with van der Waals surface area (Å²) in [6.45, 7) is 0.406. The summed E-state index contributed by atoms with van der Waals surface area (Å²) in [7, 11) is 0. The van der Waals surface area contributed by atoms with Crippen LogP contribution in [0.1, 0.15) is 30.1 Å². The van der Waals surface area contributed by atoms with E-state index in [1.807, 2.05) is 0 Å². The van der Waals surface area contributed by atoms with Gasteiger partial charge >= 0.3 is 6.18 Å². The molecule has 0 saturated carbocycles. The summed E-state index contributed by atoms with van der Waals surface area (Å²) in [6, 6.07) is 5.50. The molecule has 0 radical (unpaired) electrons. The summed E-state index contributed by atoms with van der Waals surface area (Å²) in [4.78, 5) is 23.1. The number of rotatable bonds is 6. The second-order valence-corrected chi connectivity index (χ2v) is 4.94. The normalized spacial score (nSPS) is 12.0. The summed E-state index contributed by atoms with van der Waals surface area (Å²) in [6.07, 6.45) is -3.64.